The first-order valence-electron chi connectivity index (χ1n) is 9.41. The maximum atomic E-state index is 5.28. The van der Waals surface area contributed by atoms with Crippen LogP contribution >= 0.6 is 0 Å². The molecule has 27 heavy (non-hydrogen) atoms. The van der Waals surface area contributed by atoms with Crippen molar-refractivity contribution < 1.29 is 4.74 Å². The number of para-hydroxylation sites is 1. The number of aromatic nitrogens is 4. The number of tetrazole rings is 1. The molecule has 1 fully saturated rings. The highest BCUT2D eigenvalue weighted by Gasteiger charge is 2.41. The Morgan fingerprint density at radius 1 is 1.00 bits per heavy atom. The quantitative estimate of drug-likeness (QED) is 0.737. The molecule has 1 saturated carbocycles. The molecule has 6 heteroatoms. The Labute approximate surface area is 159 Å². The number of hydrogen-bond acceptors (Lipinski definition) is 5. The molecule has 140 valence electrons. The van der Waals surface area contributed by atoms with E-state index in [0.29, 0.717) is 0 Å². The SMILES string of the molecule is COc1ccc(NC2(c3nnnn3-c3c(C)cccc3C)CCCC2)cc1. The maximum absolute atomic E-state index is 5.28. The standard InChI is InChI=1S/C21H25N5O/c1-15-7-6-8-16(2)19(15)26-20(23-24-25-26)21(13-4-5-14-21)22-17-9-11-18(27-3)12-10-17/h6-12,22H,4-5,13-14H2,1-3H3. The zero-order valence-corrected chi connectivity index (χ0v) is 16.1. The van der Waals surface area contributed by atoms with Gasteiger partial charge in [0.15, 0.2) is 5.82 Å². The number of ether oxygens (including phenoxy) is 1. The predicted molar refractivity (Wildman–Crippen MR) is 105 cm³/mol. The van der Waals surface area contributed by atoms with Crippen LogP contribution in [-0.2, 0) is 5.54 Å². The van der Waals surface area contributed by atoms with Gasteiger partial charge < -0.3 is 10.1 Å². The second-order valence-electron chi connectivity index (χ2n) is 7.30. The van der Waals surface area contributed by atoms with Crippen molar-refractivity contribution in [3.63, 3.8) is 0 Å². The van der Waals surface area contributed by atoms with Crippen LogP contribution in [0, 0.1) is 13.8 Å². The van der Waals surface area contributed by atoms with Crippen LogP contribution in [0.3, 0.4) is 0 Å². The third-order valence-corrected chi connectivity index (χ3v) is 5.48. The largest absolute Gasteiger partial charge is 0.497 e. The minimum absolute atomic E-state index is 0.271. The van der Waals surface area contributed by atoms with Crippen LogP contribution in [0.1, 0.15) is 42.6 Å². The van der Waals surface area contributed by atoms with Gasteiger partial charge in [-0.15, -0.1) is 5.10 Å². The fourth-order valence-electron chi connectivity index (χ4n) is 4.11. The smallest absolute Gasteiger partial charge is 0.181 e. The summed E-state index contributed by atoms with van der Waals surface area (Å²) in [5.74, 6) is 1.73. The van der Waals surface area contributed by atoms with Crippen molar-refractivity contribution in [2.45, 2.75) is 45.1 Å². The van der Waals surface area contributed by atoms with E-state index >= 15 is 0 Å². The van der Waals surface area contributed by atoms with Gasteiger partial charge >= 0.3 is 0 Å². The minimum atomic E-state index is -0.271. The summed E-state index contributed by atoms with van der Waals surface area (Å²) in [6.45, 7) is 4.21. The van der Waals surface area contributed by atoms with E-state index in [4.69, 9.17) is 4.74 Å². The van der Waals surface area contributed by atoms with Crippen LogP contribution in [0.4, 0.5) is 5.69 Å². The monoisotopic (exact) mass is 363 g/mol. The maximum Gasteiger partial charge on any atom is 0.181 e. The van der Waals surface area contributed by atoms with E-state index in [0.717, 1.165) is 48.6 Å². The average molecular weight is 363 g/mol. The van der Waals surface area contributed by atoms with E-state index in [2.05, 4.69) is 52.9 Å². The second-order valence-corrected chi connectivity index (χ2v) is 7.30. The number of methoxy groups -OCH3 is 1. The number of rotatable bonds is 5. The van der Waals surface area contributed by atoms with Gasteiger partial charge in [0.1, 0.15) is 5.75 Å². The van der Waals surface area contributed by atoms with E-state index < -0.39 is 0 Å². The lowest BCUT2D eigenvalue weighted by molar-refractivity contribution is 0.414. The molecule has 0 saturated heterocycles. The van der Waals surface area contributed by atoms with Crippen molar-refractivity contribution in [3.8, 4) is 11.4 Å². The molecule has 0 bridgehead atoms. The predicted octanol–water partition coefficient (Wildman–Crippen LogP) is 4.17. The Morgan fingerprint density at radius 3 is 2.30 bits per heavy atom. The molecule has 4 rings (SSSR count). The fourth-order valence-corrected chi connectivity index (χ4v) is 4.11. The van der Waals surface area contributed by atoms with Crippen LogP contribution in [0.2, 0.25) is 0 Å². The van der Waals surface area contributed by atoms with Crippen LogP contribution in [0.25, 0.3) is 5.69 Å². The molecule has 1 heterocycles. The van der Waals surface area contributed by atoms with Crippen molar-refractivity contribution in [1.29, 1.82) is 0 Å². The summed E-state index contributed by atoms with van der Waals surface area (Å²) >= 11 is 0. The highest BCUT2D eigenvalue weighted by Crippen LogP contribution is 2.41. The summed E-state index contributed by atoms with van der Waals surface area (Å²) in [6.07, 6.45) is 4.32. The lowest BCUT2D eigenvalue weighted by Gasteiger charge is -2.30. The van der Waals surface area contributed by atoms with E-state index in [1.165, 1.54) is 11.1 Å². The van der Waals surface area contributed by atoms with E-state index in [9.17, 15) is 0 Å². The van der Waals surface area contributed by atoms with E-state index in [-0.39, 0.29) is 5.54 Å². The van der Waals surface area contributed by atoms with Crippen LogP contribution < -0.4 is 10.1 Å². The molecular formula is C21H25N5O. The molecule has 0 unspecified atom stereocenters. The van der Waals surface area contributed by atoms with Gasteiger partial charge in [-0.3, -0.25) is 0 Å². The summed E-state index contributed by atoms with van der Waals surface area (Å²) in [7, 11) is 1.68. The third-order valence-electron chi connectivity index (χ3n) is 5.48. The van der Waals surface area contributed by atoms with Crippen molar-refractivity contribution >= 4 is 5.69 Å². The summed E-state index contributed by atoms with van der Waals surface area (Å²) in [5, 5.41) is 16.6. The van der Waals surface area contributed by atoms with Gasteiger partial charge in [0, 0.05) is 5.69 Å². The van der Waals surface area contributed by atoms with Crippen LogP contribution in [-0.4, -0.2) is 27.3 Å². The van der Waals surface area contributed by atoms with Crippen LogP contribution in [0.15, 0.2) is 42.5 Å². The van der Waals surface area contributed by atoms with Crippen molar-refractivity contribution in [3.05, 3.63) is 59.4 Å². The van der Waals surface area contributed by atoms with Gasteiger partial charge in [0.05, 0.1) is 18.3 Å². The first-order chi connectivity index (χ1) is 13.1. The highest BCUT2D eigenvalue weighted by atomic mass is 16.5. The molecule has 0 aliphatic heterocycles. The van der Waals surface area contributed by atoms with Gasteiger partial charge in [0.2, 0.25) is 0 Å². The molecule has 3 aromatic rings. The molecular weight excluding hydrogens is 338 g/mol. The number of benzene rings is 2. The number of nitrogens with one attached hydrogen (secondary N) is 1. The molecule has 1 aliphatic carbocycles. The Balaban J connectivity index is 1.76. The summed E-state index contributed by atoms with van der Waals surface area (Å²) in [4.78, 5) is 0. The molecule has 6 nitrogen and oxygen atoms in total. The lowest BCUT2D eigenvalue weighted by atomic mass is 9.95. The highest BCUT2D eigenvalue weighted by molar-refractivity contribution is 5.51. The topological polar surface area (TPSA) is 64.9 Å². The van der Waals surface area contributed by atoms with Crippen molar-refractivity contribution in [2.75, 3.05) is 12.4 Å². The molecule has 2 aromatic carbocycles. The Bertz CT molecular complexity index is 906. The first-order valence-corrected chi connectivity index (χ1v) is 9.41. The summed E-state index contributed by atoms with van der Waals surface area (Å²) in [5.41, 5.74) is 4.18. The van der Waals surface area contributed by atoms with Crippen molar-refractivity contribution in [1.82, 2.24) is 20.2 Å². The van der Waals surface area contributed by atoms with Gasteiger partial charge in [0.25, 0.3) is 0 Å². The molecule has 0 atom stereocenters. The number of aryl methyl sites for hydroxylation is 2. The molecule has 1 aliphatic rings. The molecule has 1 aromatic heterocycles. The molecule has 0 radical (unpaired) electrons. The number of nitrogens with zero attached hydrogens (tertiary/aromatic N) is 4. The fraction of sp³-hybridized carbons (Fsp3) is 0.381. The van der Waals surface area contributed by atoms with E-state index in [1.54, 1.807) is 7.11 Å². The normalized spacial score (nSPS) is 15.7. The average Bonchev–Trinajstić information content (AvgIpc) is 3.33. The molecule has 1 N–H and O–H groups in total. The van der Waals surface area contributed by atoms with Gasteiger partial charge in [-0.2, -0.15) is 4.68 Å². The first kappa shape index (κ1) is 17.5. The van der Waals surface area contributed by atoms with Crippen molar-refractivity contribution in [2.24, 2.45) is 0 Å². The van der Waals surface area contributed by atoms with E-state index in [1.807, 2.05) is 28.9 Å². The zero-order valence-electron chi connectivity index (χ0n) is 16.1. The Morgan fingerprint density at radius 2 is 1.67 bits per heavy atom. The zero-order chi connectivity index (χ0) is 18.9. The Kier molecular flexibility index (Phi) is 4.56. The van der Waals surface area contributed by atoms with Crippen LogP contribution in [0.5, 0.6) is 5.75 Å². The Hall–Kier alpha value is -2.89. The van der Waals surface area contributed by atoms with Gasteiger partial charge in [-0.1, -0.05) is 31.0 Å². The minimum Gasteiger partial charge on any atom is -0.497 e. The third kappa shape index (κ3) is 3.16. The molecule has 0 spiro atoms. The summed E-state index contributed by atoms with van der Waals surface area (Å²) in [6, 6.07) is 14.3. The van der Waals surface area contributed by atoms with Gasteiger partial charge in [-0.05, 0) is 72.5 Å². The van der Waals surface area contributed by atoms with Gasteiger partial charge in [-0.25, -0.2) is 0 Å². The summed E-state index contributed by atoms with van der Waals surface area (Å²) < 4.78 is 7.20. The number of anilines is 1. The lowest BCUT2D eigenvalue weighted by Crippen LogP contribution is -2.35. The number of hydrogen-bond donors (Lipinski definition) is 1. The molecule has 0 amide bonds. The second kappa shape index (κ2) is 7.02.